The average Bonchev–Trinajstić information content (AvgIpc) is 2.74. The fourth-order valence-corrected chi connectivity index (χ4v) is 0.795. The highest BCUT2D eigenvalue weighted by molar-refractivity contribution is 5.21. The summed E-state index contributed by atoms with van der Waals surface area (Å²) >= 11 is 0. The summed E-state index contributed by atoms with van der Waals surface area (Å²) in [7, 11) is 0. The SMILES string of the molecule is c1ccc(OC2CN2)cc1. The quantitative estimate of drug-likeness (QED) is 0.613. The predicted molar refractivity (Wildman–Crippen MR) is 38.9 cm³/mol. The first kappa shape index (κ1) is 5.74. The van der Waals surface area contributed by atoms with Crippen molar-refractivity contribution in [2.75, 3.05) is 6.54 Å². The van der Waals surface area contributed by atoms with Crippen molar-refractivity contribution in [3.63, 3.8) is 0 Å². The fraction of sp³-hybridized carbons (Fsp3) is 0.250. The molecule has 1 aromatic carbocycles. The largest absolute Gasteiger partial charge is 0.474 e. The van der Waals surface area contributed by atoms with Crippen molar-refractivity contribution in [3.8, 4) is 5.75 Å². The van der Waals surface area contributed by atoms with Crippen molar-refractivity contribution in [2.24, 2.45) is 0 Å². The van der Waals surface area contributed by atoms with Crippen molar-refractivity contribution in [2.45, 2.75) is 6.23 Å². The van der Waals surface area contributed by atoms with Crippen LogP contribution in [0.4, 0.5) is 0 Å². The number of rotatable bonds is 2. The summed E-state index contributed by atoms with van der Waals surface area (Å²) in [5, 5.41) is 3.06. The fourth-order valence-electron chi connectivity index (χ4n) is 0.795. The van der Waals surface area contributed by atoms with Gasteiger partial charge in [-0.15, -0.1) is 0 Å². The molecule has 0 spiro atoms. The van der Waals surface area contributed by atoms with E-state index in [0.717, 1.165) is 12.3 Å². The third-order valence-corrected chi connectivity index (χ3v) is 1.39. The number of nitrogens with one attached hydrogen (secondary N) is 1. The molecule has 1 heterocycles. The van der Waals surface area contributed by atoms with Gasteiger partial charge in [-0.3, -0.25) is 5.32 Å². The van der Waals surface area contributed by atoms with Crippen molar-refractivity contribution in [3.05, 3.63) is 30.3 Å². The van der Waals surface area contributed by atoms with E-state index in [-0.39, 0.29) is 6.23 Å². The van der Waals surface area contributed by atoms with Gasteiger partial charge in [-0.2, -0.15) is 0 Å². The van der Waals surface area contributed by atoms with Crippen LogP contribution in [0.3, 0.4) is 0 Å². The lowest BCUT2D eigenvalue weighted by atomic mass is 10.3. The third-order valence-electron chi connectivity index (χ3n) is 1.39. The van der Waals surface area contributed by atoms with E-state index >= 15 is 0 Å². The second kappa shape index (κ2) is 2.31. The molecule has 0 saturated carbocycles. The molecule has 1 saturated heterocycles. The van der Waals surface area contributed by atoms with Crippen LogP contribution in [0.15, 0.2) is 30.3 Å². The highest BCUT2D eigenvalue weighted by atomic mass is 16.5. The Morgan fingerprint density at radius 1 is 1.30 bits per heavy atom. The zero-order chi connectivity index (χ0) is 6.81. The molecule has 1 atom stereocenters. The van der Waals surface area contributed by atoms with Gasteiger partial charge in [0, 0.05) is 6.54 Å². The van der Waals surface area contributed by atoms with E-state index in [2.05, 4.69) is 5.32 Å². The van der Waals surface area contributed by atoms with Gasteiger partial charge in [0.25, 0.3) is 0 Å². The van der Waals surface area contributed by atoms with Gasteiger partial charge in [0.05, 0.1) is 0 Å². The molecule has 2 heteroatoms. The molecule has 2 rings (SSSR count). The number of hydrogen-bond donors (Lipinski definition) is 1. The minimum Gasteiger partial charge on any atom is -0.474 e. The minimum absolute atomic E-state index is 0.266. The maximum Gasteiger partial charge on any atom is 0.163 e. The summed E-state index contributed by atoms with van der Waals surface area (Å²) in [6.45, 7) is 0.981. The average molecular weight is 135 g/mol. The Hall–Kier alpha value is -1.02. The molecule has 1 fully saturated rings. The molecule has 1 unspecified atom stereocenters. The van der Waals surface area contributed by atoms with Crippen LogP contribution in [0.1, 0.15) is 0 Å². The highest BCUT2D eigenvalue weighted by Gasteiger charge is 2.21. The predicted octanol–water partition coefficient (Wildman–Crippen LogP) is 0.995. The number of para-hydroxylation sites is 1. The number of ether oxygens (including phenoxy) is 1. The van der Waals surface area contributed by atoms with Crippen LogP contribution in [-0.4, -0.2) is 12.8 Å². The summed E-state index contributed by atoms with van der Waals surface area (Å²) in [5.41, 5.74) is 0. The van der Waals surface area contributed by atoms with E-state index in [1.54, 1.807) is 0 Å². The van der Waals surface area contributed by atoms with Gasteiger partial charge < -0.3 is 4.74 Å². The number of hydrogen-bond acceptors (Lipinski definition) is 2. The minimum atomic E-state index is 0.266. The maximum absolute atomic E-state index is 5.41. The normalized spacial score (nSPS) is 22.2. The zero-order valence-electron chi connectivity index (χ0n) is 5.58. The standard InChI is InChI=1S/C8H9NO/c1-2-4-7(5-3-1)10-8-6-9-8/h1-5,8-9H,6H2. The van der Waals surface area contributed by atoms with Crippen LogP contribution in [0.25, 0.3) is 0 Å². The Labute approximate surface area is 59.8 Å². The van der Waals surface area contributed by atoms with Crippen LogP contribution in [0.2, 0.25) is 0 Å². The first-order valence-electron chi connectivity index (χ1n) is 3.40. The summed E-state index contributed by atoms with van der Waals surface area (Å²) < 4.78 is 5.41. The summed E-state index contributed by atoms with van der Waals surface area (Å²) in [6.07, 6.45) is 0.266. The molecule has 2 nitrogen and oxygen atoms in total. The molecule has 1 N–H and O–H groups in total. The van der Waals surface area contributed by atoms with Crippen molar-refractivity contribution >= 4 is 0 Å². The molecule has 0 radical (unpaired) electrons. The van der Waals surface area contributed by atoms with Crippen molar-refractivity contribution in [1.82, 2.24) is 5.32 Å². The zero-order valence-corrected chi connectivity index (χ0v) is 5.58. The maximum atomic E-state index is 5.41. The second-order valence-corrected chi connectivity index (χ2v) is 2.33. The molecular formula is C8H9NO. The number of benzene rings is 1. The van der Waals surface area contributed by atoms with Gasteiger partial charge in [0.15, 0.2) is 6.23 Å². The van der Waals surface area contributed by atoms with Crippen LogP contribution < -0.4 is 10.1 Å². The molecule has 1 aliphatic rings. The Kier molecular flexibility index (Phi) is 1.32. The van der Waals surface area contributed by atoms with E-state index in [9.17, 15) is 0 Å². The van der Waals surface area contributed by atoms with Gasteiger partial charge in [0.2, 0.25) is 0 Å². The lowest BCUT2D eigenvalue weighted by Crippen LogP contribution is -2.00. The molecule has 1 aliphatic heterocycles. The van der Waals surface area contributed by atoms with Crippen LogP contribution in [-0.2, 0) is 0 Å². The van der Waals surface area contributed by atoms with E-state index in [0.29, 0.717) is 0 Å². The summed E-state index contributed by atoms with van der Waals surface area (Å²) in [6, 6.07) is 9.84. The van der Waals surface area contributed by atoms with Crippen molar-refractivity contribution < 1.29 is 4.74 Å². The van der Waals surface area contributed by atoms with Crippen LogP contribution in [0.5, 0.6) is 5.75 Å². The highest BCUT2D eigenvalue weighted by Crippen LogP contribution is 2.12. The third kappa shape index (κ3) is 1.28. The summed E-state index contributed by atoms with van der Waals surface area (Å²) in [4.78, 5) is 0. The molecule has 0 aliphatic carbocycles. The van der Waals surface area contributed by atoms with Gasteiger partial charge in [-0.1, -0.05) is 18.2 Å². The van der Waals surface area contributed by atoms with Gasteiger partial charge in [-0.25, -0.2) is 0 Å². The molecular weight excluding hydrogens is 126 g/mol. The molecule has 52 valence electrons. The Bertz CT molecular complexity index is 206. The molecule has 1 aromatic rings. The lowest BCUT2D eigenvalue weighted by Gasteiger charge is -2.00. The van der Waals surface area contributed by atoms with E-state index in [4.69, 9.17) is 4.74 Å². The smallest absolute Gasteiger partial charge is 0.163 e. The van der Waals surface area contributed by atoms with Crippen LogP contribution >= 0.6 is 0 Å². The van der Waals surface area contributed by atoms with Crippen LogP contribution in [0, 0.1) is 0 Å². The van der Waals surface area contributed by atoms with Crippen molar-refractivity contribution in [1.29, 1.82) is 0 Å². The first-order chi connectivity index (χ1) is 4.95. The molecule has 10 heavy (non-hydrogen) atoms. The molecule has 0 bridgehead atoms. The van der Waals surface area contributed by atoms with E-state index < -0.39 is 0 Å². The van der Waals surface area contributed by atoms with Gasteiger partial charge >= 0.3 is 0 Å². The van der Waals surface area contributed by atoms with E-state index in [1.165, 1.54) is 0 Å². The lowest BCUT2D eigenvalue weighted by molar-refractivity contribution is 0.298. The molecule has 0 amide bonds. The Morgan fingerprint density at radius 3 is 2.60 bits per heavy atom. The van der Waals surface area contributed by atoms with Gasteiger partial charge in [0.1, 0.15) is 5.75 Å². The monoisotopic (exact) mass is 135 g/mol. The van der Waals surface area contributed by atoms with Gasteiger partial charge in [-0.05, 0) is 12.1 Å². The topological polar surface area (TPSA) is 31.2 Å². The molecule has 0 aromatic heterocycles. The second-order valence-electron chi connectivity index (χ2n) is 2.33. The summed E-state index contributed by atoms with van der Waals surface area (Å²) in [5.74, 6) is 0.942. The first-order valence-corrected chi connectivity index (χ1v) is 3.40. The Morgan fingerprint density at radius 2 is 2.00 bits per heavy atom. The van der Waals surface area contributed by atoms with E-state index in [1.807, 2.05) is 30.3 Å². The Balaban J connectivity index is 2.03.